The Kier molecular flexibility index (Phi) is 13.9. The van der Waals surface area contributed by atoms with Gasteiger partial charge in [0.15, 0.2) is 5.75 Å². The van der Waals surface area contributed by atoms with Gasteiger partial charge < -0.3 is 9.47 Å². The Balaban J connectivity index is 1.49. The monoisotopic (exact) mass is 520 g/mol. The van der Waals surface area contributed by atoms with Crippen LogP contribution in [0.2, 0.25) is 0 Å². The van der Waals surface area contributed by atoms with Gasteiger partial charge in [-0.15, -0.1) is 6.58 Å². The van der Waals surface area contributed by atoms with Crippen molar-refractivity contribution in [2.24, 2.45) is 11.8 Å². The highest BCUT2D eigenvalue weighted by Gasteiger charge is 2.31. The summed E-state index contributed by atoms with van der Waals surface area (Å²) < 4.78 is 11.6. The van der Waals surface area contributed by atoms with E-state index < -0.39 is 5.92 Å². The average molecular weight is 521 g/mol. The van der Waals surface area contributed by atoms with Gasteiger partial charge in [-0.3, -0.25) is 4.79 Å². The molecule has 208 valence electrons. The van der Waals surface area contributed by atoms with E-state index in [4.69, 9.17) is 9.47 Å². The second-order valence-electron chi connectivity index (χ2n) is 10.9. The molecule has 0 bridgehead atoms. The molecule has 0 aliphatic heterocycles. The predicted octanol–water partition coefficient (Wildman–Crippen LogP) is 8.85. The van der Waals surface area contributed by atoms with E-state index in [0.29, 0.717) is 29.8 Å². The van der Waals surface area contributed by atoms with Crippen LogP contribution in [0.3, 0.4) is 0 Å². The Morgan fingerprint density at radius 1 is 0.921 bits per heavy atom. The van der Waals surface area contributed by atoms with Crippen molar-refractivity contribution in [3.63, 3.8) is 0 Å². The third kappa shape index (κ3) is 11.0. The molecule has 5 heteroatoms. The highest BCUT2D eigenvalue weighted by Crippen LogP contribution is 2.37. The largest absolute Gasteiger partial charge is 0.490 e. The second-order valence-corrected chi connectivity index (χ2v) is 10.9. The molecule has 2 aromatic rings. The fourth-order valence-electron chi connectivity index (χ4n) is 5.53. The van der Waals surface area contributed by atoms with Gasteiger partial charge in [0.1, 0.15) is 17.5 Å². The van der Waals surface area contributed by atoms with Gasteiger partial charge in [-0.05, 0) is 49.7 Å². The molecule has 1 aliphatic rings. The first kappa shape index (κ1) is 29.9. The smallest absolute Gasteiger partial charge is 0.322 e. The van der Waals surface area contributed by atoms with E-state index in [1.165, 1.54) is 64.2 Å². The van der Waals surface area contributed by atoms with Crippen molar-refractivity contribution in [2.75, 3.05) is 6.61 Å². The lowest BCUT2D eigenvalue weighted by atomic mass is 9.76. The zero-order chi connectivity index (χ0) is 26.8. The maximum absolute atomic E-state index is 13.3. The lowest BCUT2D eigenvalue weighted by molar-refractivity contribution is -0.136. The van der Waals surface area contributed by atoms with Gasteiger partial charge in [0.25, 0.3) is 0 Å². The van der Waals surface area contributed by atoms with Crippen molar-refractivity contribution < 1.29 is 14.3 Å². The molecule has 0 radical (unpaired) electrons. The van der Waals surface area contributed by atoms with Crippen LogP contribution in [0.25, 0.3) is 0 Å². The summed E-state index contributed by atoms with van der Waals surface area (Å²) in [6.07, 6.45) is 23.3. The molecule has 0 amide bonds. The zero-order valence-corrected chi connectivity index (χ0v) is 23.5. The summed E-state index contributed by atoms with van der Waals surface area (Å²) in [6, 6.07) is 9.29. The molecule has 1 aliphatic carbocycles. The van der Waals surface area contributed by atoms with E-state index in [1.54, 1.807) is 12.4 Å². The molecular weight excluding hydrogens is 472 g/mol. The number of unbranched alkanes of at least 4 members (excludes halogenated alkanes) is 7. The number of esters is 1. The van der Waals surface area contributed by atoms with Gasteiger partial charge in [0, 0.05) is 0 Å². The van der Waals surface area contributed by atoms with Crippen LogP contribution in [0.4, 0.5) is 0 Å². The van der Waals surface area contributed by atoms with E-state index in [2.05, 4.69) is 23.5 Å². The number of ether oxygens (including phenoxy) is 2. The van der Waals surface area contributed by atoms with Crippen LogP contribution >= 0.6 is 0 Å². The molecule has 5 nitrogen and oxygen atoms in total. The summed E-state index contributed by atoms with van der Waals surface area (Å²) >= 11 is 0. The summed E-state index contributed by atoms with van der Waals surface area (Å²) in [6.45, 7) is 6.71. The van der Waals surface area contributed by atoms with Crippen molar-refractivity contribution in [1.29, 1.82) is 0 Å². The molecule has 1 aromatic heterocycles. The molecule has 38 heavy (non-hydrogen) atoms. The van der Waals surface area contributed by atoms with Crippen LogP contribution < -0.4 is 9.47 Å². The summed E-state index contributed by atoms with van der Waals surface area (Å²) in [4.78, 5) is 22.4. The minimum atomic E-state index is -0.469. The van der Waals surface area contributed by atoms with Gasteiger partial charge in [-0.1, -0.05) is 102 Å². The highest BCUT2D eigenvalue weighted by atomic mass is 16.5. The number of hydrogen-bond acceptors (Lipinski definition) is 5. The van der Waals surface area contributed by atoms with Gasteiger partial charge >= 0.3 is 5.97 Å². The van der Waals surface area contributed by atoms with E-state index >= 15 is 0 Å². The molecule has 1 heterocycles. The van der Waals surface area contributed by atoms with Crippen molar-refractivity contribution in [2.45, 2.75) is 109 Å². The van der Waals surface area contributed by atoms with E-state index in [-0.39, 0.29) is 5.97 Å². The molecule has 1 aromatic carbocycles. The highest BCUT2D eigenvalue weighted by molar-refractivity contribution is 5.79. The van der Waals surface area contributed by atoms with E-state index in [1.807, 2.05) is 36.4 Å². The molecule has 1 atom stereocenters. The standard InChI is InChI=1S/C33H48N2O3/c1-3-5-6-7-8-9-10-11-15-23-37-30-25-34-32(35-26-30)31(33(36)38-29-17-13-12-14-18-29)24-28-21-19-27(16-4-2)20-22-28/h3,12-14,17-18,25-28,31H,1,4-11,15-16,19-24H2,2H3/t27-,28-,31?. The van der Waals surface area contributed by atoms with Crippen LogP contribution in [0, 0.1) is 11.8 Å². The van der Waals surface area contributed by atoms with Crippen LogP contribution in [-0.4, -0.2) is 22.5 Å². The first-order chi connectivity index (χ1) is 18.7. The Morgan fingerprint density at radius 2 is 1.55 bits per heavy atom. The molecule has 1 unspecified atom stereocenters. The number of hydrogen-bond donors (Lipinski definition) is 0. The van der Waals surface area contributed by atoms with Crippen LogP contribution in [0.5, 0.6) is 11.5 Å². The molecule has 0 spiro atoms. The number of carbonyl (C=O) groups excluding carboxylic acids is 1. The van der Waals surface area contributed by atoms with Gasteiger partial charge in [0.2, 0.25) is 0 Å². The van der Waals surface area contributed by atoms with Crippen molar-refractivity contribution in [3.05, 3.63) is 61.2 Å². The summed E-state index contributed by atoms with van der Waals surface area (Å²) in [5.41, 5.74) is 0. The molecule has 0 saturated heterocycles. The minimum Gasteiger partial charge on any atom is -0.490 e. The Morgan fingerprint density at radius 3 is 2.21 bits per heavy atom. The number of rotatable bonds is 18. The molecule has 3 rings (SSSR count). The summed E-state index contributed by atoms with van der Waals surface area (Å²) in [5, 5.41) is 0. The third-order valence-electron chi connectivity index (χ3n) is 7.76. The first-order valence-electron chi connectivity index (χ1n) is 15.0. The lowest BCUT2D eigenvalue weighted by Gasteiger charge is -2.30. The number of nitrogens with zero attached hydrogens (tertiary/aromatic N) is 2. The van der Waals surface area contributed by atoms with Crippen molar-refractivity contribution in [1.82, 2.24) is 9.97 Å². The van der Waals surface area contributed by atoms with Gasteiger partial charge in [-0.25, -0.2) is 9.97 Å². The van der Waals surface area contributed by atoms with Gasteiger partial charge in [-0.2, -0.15) is 0 Å². The number of para-hydroxylation sites is 1. The number of allylic oxidation sites excluding steroid dienone is 1. The predicted molar refractivity (Wildman–Crippen MR) is 154 cm³/mol. The Hall–Kier alpha value is -2.69. The molecular formula is C33H48N2O3. The molecule has 1 saturated carbocycles. The van der Waals surface area contributed by atoms with Crippen molar-refractivity contribution in [3.8, 4) is 11.5 Å². The Labute approximate surface area is 230 Å². The zero-order valence-electron chi connectivity index (χ0n) is 23.5. The topological polar surface area (TPSA) is 61.3 Å². The quantitative estimate of drug-likeness (QED) is 0.0850. The second kappa shape index (κ2) is 17.8. The summed E-state index contributed by atoms with van der Waals surface area (Å²) in [5.74, 6) is 2.34. The van der Waals surface area contributed by atoms with Gasteiger partial charge in [0.05, 0.1) is 19.0 Å². The number of aromatic nitrogens is 2. The van der Waals surface area contributed by atoms with E-state index in [0.717, 1.165) is 38.0 Å². The SMILES string of the molecule is C=CCCCCCCCCCOc1cnc(C(C[C@H]2CC[C@H](CCC)CC2)C(=O)Oc2ccccc2)nc1. The number of benzene rings is 1. The third-order valence-corrected chi connectivity index (χ3v) is 7.76. The summed E-state index contributed by atoms with van der Waals surface area (Å²) in [7, 11) is 0. The van der Waals surface area contributed by atoms with E-state index in [9.17, 15) is 4.79 Å². The van der Waals surface area contributed by atoms with Crippen LogP contribution in [-0.2, 0) is 4.79 Å². The van der Waals surface area contributed by atoms with Crippen molar-refractivity contribution >= 4 is 5.97 Å². The molecule has 0 N–H and O–H groups in total. The fourth-order valence-corrected chi connectivity index (χ4v) is 5.53. The maximum Gasteiger partial charge on any atom is 0.322 e. The number of carbonyl (C=O) groups is 1. The molecule has 1 fully saturated rings. The Bertz CT molecular complexity index is 908. The normalized spacial score (nSPS) is 18.0. The van der Waals surface area contributed by atoms with Crippen LogP contribution in [0.15, 0.2) is 55.4 Å². The van der Waals surface area contributed by atoms with Crippen LogP contribution in [0.1, 0.15) is 115 Å². The fraction of sp³-hybridized carbons (Fsp3) is 0.606. The lowest BCUT2D eigenvalue weighted by Crippen LogP contribution is -2.25. The average Bonchev–Trinajstić information content (AvgIpc) is 2.95. The maximum atomic E-state index is 13.3. The first-order valence-corrected chi connectivity index (χ1v) is 15.0. The minimum absolute atomic E-state index is 0.273.